The molecule has 1 saturated carbocycles. The van der Waals surface area contributed by atoms with Crippen molar-refractivity contribution in [3.05, 3.63) is 65.5 Å². The molecule has 0 spiro atoms. The third-order valence-corrected chi connectivity index (χ3v) is 5.15. The van der Waals surface area contributed by atoms with Crippen molar-refractivity contribution in [2.75, 3.05) is 5.73 Å². The zero-order chi connectivity index (χ0) is 25.6. The van der Waals surface area contributed by atoms with Gasteiger partial charge in [-0.1, -0.05) is 18.6 Å². The van der Waals surface area contributed by atoms with Crippen LogP contribution in [0.4, 0.5) is 23.4 Å². The van der Waals surface area contributed by atoms with Crippen LogP contribution < -0.4 is 10.5 Å². The molecule has 182 valence electrons. The number of nitrogen functional groups attached to an aromatic ring is 1. The topological polar surface area (TPSA) is 135 Å². The molecular formula is C23H19F4N5O3. The average molecular weight is 489 g/mol. The Kier molecular flexibility index (Phi) is 7.80. The number of carboxylic acids is 1. The van der Waals surface area contributed by atoms with E-state index in [1.54, 1.807) is 24.3 Å². The summed E-state index contributed by atoms with van der Waals surface area (Å²) in [6.45, 7) is 0.0725. The highest BCUT2D eigenvalue weighted by molar-refractivity contribution is 5.73. The van der Waals surface area contributed by atoms with Crippen LogP contribution in [0.25, 0.3) is 11.3 Å². The number of ether oxygens (including phenoxy) is 1. The second-order valence-electron chi connectivity index (χ2n) is 7.52. The van der Waals surface area contributed by atoms with Crippen molar-refractivity contribution >= 4 is 11.8 Å². The van der Waals surface area contributed by atoms with Gasteiger partial charge in [0.15, 0.2) is 11.6 Å². The van der Waals surface area contributed by atoms with E-state index in [1.807, 2.05) is 12.1 Å². The zero-order valence-corrected chi connectivity index (χ0v) is 18.1. The van der Waals surface area contributed by atoms with Crippen LogP contribution in [-0.4, -0.2) is 32.2 Å². The summed E-state index contributed by atoms with van der Waals surface area (Å²) in [7, 11) is 0. The van der Waals surface area contributed by atoms with Crippen molar-refractivity contribution < 1.29 is 32.2 Å². The molecule has 0 aliphatic heterocycles. The molecular weight excluding hydrogens is 470 g/mol. The molecule has 2 heterocycles. The van der Waals surface area contributed by atoms with Gasteiger partial charge < -0.3 is 15.6 Å². The van der Waals surface area contributed by atoms with Gasteiger partial charge >= 0.3 is 12.1 Å². The van der Waals surface area contributed by atoms with Crippen LogP contribution in [0.5, 0.6) is 5.75 Å². The van der Waals surface area contributed by atoms with Gasteiger partial charge in [-0.2, -0.15) is 18.4 Å². The number of aliphatic carboxylic acids is 1. The van der Waals surface area contributed by atoms with Crippen molar-refractivity contribution in [2.45, 2.75) is 38.0 Å². The summed E-state index contributed by atoms with van der Waals surface area (Å²) < 4.78 is 53.0. The molecule has 12 heteroatoms. The van der Waals surface area contributed by atoms with Gasteiger partial charge in [-0.15, -0.1) is 0 Å². The molecule has 0 saturated heterocycles. The fourth-order valence-electron chi connectivity index (χ4n) is 3.20. The van der Waals surface area contributed by atoms with E-state index in [9.17, 15) is 13.2 Å². The minimum absolute atomic E-state index is 0.0725. The number of carboxylic acid groups (broad SMARTS) is 1. The number of nitrogens with zero attached hydrogens (tertiary/aromatic N) is 4. The Bertz CT molecular complexity index is 1240. The quantitative estimate of drug-likeness (QED) is 0.496. The monoisotopic (exact) mass is 489 g/mol. The Morgan fingerprint density at radius 2 is 1.91 bits per heavy atom. The Balaban J connectivity index is 0.000000429. The standard InChI is InChI=1S/C21H18FN5O.C2HF3O2/c22-20-17(18-10-26-19(24)11-25-18)8-7-16(13-3-1-4-13)21(20)28-12-15-6-2-5-14(9-23)27-15;3-2(4,5)1(6)7/h2,5-8,10-11,13H,1,3-4,12H2,(H2,24,26);(H,6,7). The van der Waals surface area contributed by atoms with Gasteiger partial charge in [-0.3, -0.25) is 4.98 Å². The van der Waals surface area contributed by atoms with E-state index in [0.717, 1.165) is 24.8 Å². The van der Waals surface area contributed by atoms with E-state index in [-0.39, 0.29) is 24.1 Å². The SMILES string of the molecule is N#Cc1cccc(COc2c(C3CCC3)ccc(-c3cnc(N)cn3)c2F)n1.O=C(O)C(F)(F)F. The molecule has 4 rings (SSSR count). The summed E-state index contributed by atoms with van der Waals surface area (Å²) in [5.41, 5.74) is 7.99. The van der Waals surface area contributed by atoms with Crippen LogP contribution in [0.1, 0.15) is 42.1 Å². The average Bonchev–Trinajstić information content (AvgIpc) is 2.78. The van der Waals surface area contributed by atoms with Gasteiger partial charge in [-0.05, 0) is 37.0 Å². The summed E-state index contributed by atoms with van der Waals surface area (Å²) in [6, 6.07) is 10.7. The molecule has 1 aliphatic rings. The normalized spacial score (nSPS) is 13.1. The highest BCUT2D eigenvalue weighted by atomic mass is 19.4. The lowest BCUT2D eigenvalue weighted by Crippen LogP contribution is -2.21. The maximum atomic E-state index is 15.4. The maximum absolute atomic E-state index is 15.4. The molecule has 8 nitrogen and oxygen atoms in total. The Morgan fingerprint density at radius 3 is 2.46 bits per heavy atom. The van der Waals surface area contributed by atoms with E-state index >= 15 is 4.39 Å². The van der Waals surface area contributed by atoms with Crippen molar-refractivity contribution in [2.24, 2.45) is 0 Å². The molecule has 0 amide bonds. The van der Waals surface area contributed by atoms with Crippen LogP contribution in [0.2, 0.25) is 0 Å². The van der Waals surface area contributed by atoms with Gasteiger partial charge in [-0.25, -0.2) is 19.2 Å². The number of hydrogen-bond acceptors (Lipinski definition) is 7. The first kappa shape index (κ1) is 25.4. The number of halogens is 4. The van der Waals surface area contributed by atoms with Gasteiger partial charge in [0.1, 0.15) is 24.2 Å². The molecule has 0 radical (unpaired) electrons. The van der Waals surface area contributed by atoms with E-state index in [4.69, 9.17) is 25.6 Å². The zero-order valence-electron chi connectivity index (χ0n) is 18.1. The first-order valence-electron chi connectivity index (χ1n) is 10.3. The summed E-state index contributed by atoms with van der Waals surface area (Å²) in [4.78, 5) is 21.2. The highest BCUT2D eigenvalue weighted by Gasteiger charge is 2.38. The maximum Gasteiger partial charge on any atom is 0.490 e. The van der Waals surface area contributed by atoms with E-state index in [0.29, 0.717) is 22.6 Å². The smallest absolute Gasteiger partial charge is 0.484 e. The summed E-state index contributed by atoms with van der Waals surface area (Å²) >= 11 is 0. The number of rotatable bonds is 5. The van der Waals surface area contributed by atoms with Crippen LogP contribution in [0.3, 0.4) is 0 Å². The lowest BCUT2D eigenvalue weighted by atomic mass is 9.79. The lowest BCUT2D eigenvalue weighted by Gasteiger charge is -2.28. The lowest BCUT2D eigenvalue weighted by molar-refractivity contribution is -0.192. The molecule has 1 aliphatic carbocycles. The first-order chi connectivity index (χ1) is 16.6. The van der Waals surface area contributed by atoms with Crippen molar-refractivity contribution in [3.63, 3.8) is 0 Å². The third kappa shape index (κ3) is 6.41. The number of nitriles is 1. The largest absolute Gasteiger partial charge is 0.490 e. The summed E-state index contributed by atoms with van der Waals surface area (Å²) in [5, 5.41) is 16.1. The van der Waals surface area contributed by atoms with Crippen molar-refractivity contribution in [1.29, 1.82) is 5.26 Å². The molecule has 3 N–H and O–H groups in total. The number of hydrogen-bond donors (Lipinski definition) is 2. The third-order valence-electron chi connectivity index (χ3n) is 5.15. The minimum atomic E-state index is -5.08. The predicted octanol–water partition coefficient (Wildman–Crippen LogP) is 4.61. The number of pyridine rings is 1. The van der Waals surface area contributed by atoms with Gasteiger partial charge in [0.2, 0.25) is 0 Å². The van der Waals surface area contributed by atoms with Gasteiger partial charge in [0.25, 0.3) is 0 Å². The number of nitrogens with two attached hydrogens (primary N) is 1. The van der Waals surface area contributed by atoms with Gasteiger partial charge in [0, 0.05) is 11.1 Å². The molecule has 2 aromatic heterocycles. The Hall–Kier alpha value is -4.27. The van der Waals surface area contributed by atoms with E-state index in [1.165, 1.54) is 12.4 Å². The van der Waals surface area contributed by atoms with Gasteiger partial charge in [0.05, 0.1) is 23.8 Å². The summed E-state index contributed by atoms with van der Waals surface area (Å²) in [6.07, 6.45) is 0.908. The molecule has 0 unspecified atom stereocenters. The number of benzene rings is 1. The molecule has 0 atom stereocenters. The van der Waals surface area contributed by atoms with Crippen LogP contribution in [-0.2, 0) is 11.4 Å². The Morgan fingerprint density at radius 1 is 1.20 bits per heavy atom. The molecule has 1 fully saturated rings. The fourth-order valence-corrected chi connectivity index (χ4v) is 3.20. The fraction of sp³-hybridized carbons (Fsp3) is 0.261. The Labute approximate surface area is 197 Å². The molecule has 3 aromatic rings. The highest BCUT2D eigenvalue weighted by Crippen LogP contribution is 2.44. The second kappa shape index (κ2) is 10.8. The predicted molar refractivity (Wildman–Crippen MR) is 115 cm³/mol. The molecule has 35 heavy (non-hydrogen) atoms. The number of carbonyl (C=O) groups is 1. The van der Waals surface area contributed by atoms with E-state index in [2.05, 4.69) is 15.0 Å². The number of aromatic nitrogens is 3. The summed E-state index contributed by atoms with van der Waals surface area (Å²) in [5.74, 6) is -2.46. The van der Waals surface area contributed by atoms with Crippen LogP contribution in [0, 0.1) is 17.1 Å². The minimum Gasteiger partial charge on any atom is -0.484 e. The van der Waals surface area contributed by atoms with Crippen LogP contribution in [0.15, 0.2) is 42.7 Å². The second-order valence-corrected chi connectivity index (χ2v) is 7.52. The number of anilines is 1. The van der Waals surface area contributed by atoms with Crippen LogP contribution >= 0.6 is 0 Å². The number of alkyl halides is 3. The van der Waals surface area contributed by atoms with E-state index < -0.39 is 18.0 Å². The molecule has 0 bridgehead atoms. The van der Waals surface area contributed by atoms with Crippen molar-refractivity contribution in [1.82, 2.24) is 15.0 Å². The van der Waals surface area contributed by atoms with Crippen molar-refractivity contribution in [3.8, 4) is 23.1 Å². The first-order valence-corrected chi connectivity index (χ1v) is 10.3. The molecule has 1 aromatic carbocycles.